The highest BCUT2D eigenvalue weighted by atomic mass is 79.9. The molecule has 6 heteroatoms. The van der Waals surface area contributed by atoms with Crippen LogP contribution in [-0.4, -0.2) is 47.0 Å². The maximum Gasteiger partial charge on any atom is 0.255 e. The Morgan fingerprint density at radius 3 is 2.64 bits per heavy atom. The highest BCUT2D eigenvalue weighted by Gasteiger charge is 2.23. The molecule has 1 fully saturated rings. The third-order valence-electron chi connectivity index (χ3n) is 3.83. The molecule has 5 nitrogen and oxygen atoms in total. The number of amides is 1. The summed E-state index contributed by atoms with van der Waals surface area (Å²) in [6, 6.07) is 9.52. The maximum atomic E-state index is 12.5. The Balaban J connectivity index is 1.57. The zero-order valence-corrected chi connectivity index (χ0v) is 14.0. The summed E-state index contributed by atoms with van der Waals surface area (Å²) in [5.74, 6) is 0.919. The van der Waals surface area contributed by atoms with Crippen LogP contribution in [0.25, 0.3) is 0 Å². The normalized spacial score (nSPS) is 16.0. The topological polar surface area (TPSA) is 49.6 Å². The Hall–Kier alpha value is -1.66. The summed E-state index contributed by atoms with van der Waals surface area (Å²) in [7, 11) is 0. The second-order valence-electron chi connectivity index (χ2n) is 5.48. The molecule has 3 rings (SSSR count). The van der Waals surface area contributed by atoms with Gasteiger partial charge in [-0.25, -0.2) is 0 Å². The first-order valence-electron chi connectivity index (χ1n) is 7.32. The average molecular weight is 364 g/mol. The first kappa shape index (κ1) is 15.2. The van der Waals surface area contributed by atoms with Crippen molar-refractivity contribution in [2.24, 2.45) is 0 Å². The molecule has 1 aliphatic rings. The number of hydrogen-bond donors (Lipinski definition) is 0. The van der Waals surface area contributed by atoms with E-state index in [1.165, 1.54) is 0 Å². The van der Waals surface area contributed by atoms with Crippen molar-refractivity contribution in [3.8, 4) is 0 Å². The van der Waals surface area contributed by atoms with Crippen molar-refractivity contribution in [2.75, 3.05) is 26.2 Å². The van der Waals surface area contributed by atoms with Gasteiger partial charge in [0.05, 0.1) is 11.3 Å². The number of halogens is 1. The zero-order valence-electron chi connectivity index (χ0n) is 12.5. The largest absolute Gasteiger partial charge is 0.361 e. The first-order valence-corrected chi connectivity index (χ1v) is 8.11. The lowest BCUT2D eigenvalue weighted by Crippen LogP contribution is -2.48. The molecular weight excluding hydrogens is 346 g/mol. The quantitative estimate of drug-likeness (QED) is 0.841. The highest BCUT2D eigenvalue weighted by Crippen LogP contribution is 2.19. The van der Waals surface area contributed by atoms with E-state index in [9.17, 15) is 4.79 Å². The van der Waals surface area contributed by atoms with Gasteiger partial charge in [-0.2, -0.15) is 0 Å². The number of nitrogens with zero attached hydrogens (tertiary/aromatic N) is 3. The number of carbonyl (C=O) groups excluding carboxylic acids is 1. The molecule has 1 amide bonds. The van der Waals surface area contributed by atoms with Crippen LogP contribution in [0, 0.1) is 6.92 Å². The molecule has 1 aromatic heterocycles. The van der Waals surface area contributed by atoms with Gasteiger partial charge in [-0.05, 0) is 35.0 Å². The number of aryl methyl sites for hydroxylation is 1. The Morgan fingerprint density at radius 2 is 2.00 bits per heavy atom. The summed E-state index contributed by atoms with van der Waals surface area (Å²) in [5.41, 5.74) is 1.67. The van der Waals surface area contributed by atoms with Crippen LogP contribution in [0.3, 0.4) is 0 Å². The van der Waals surface area contributed by atoms with Crippen molar-refractivity contribution >= 4 is 21.8 Å². The van der Waals surface area contributed by atoms with Crippen LogP contribution in [0.1, 0.15) is 21.8 Å². The van der Waals surface area contributed by atoms with E-state index in [1.807, 2.05) is 42.2 Å². The van der Waals surface area contributed by atoms with Gasteiger partial charge in [-0.15, -0.1) is 0 Å². The standard InChI is InChI=1S/C16H18BrN3O2/c1-12-10-13(18-22-12)11-19-6-8-20(9-7-19)16(21)14-4-2-3-5-15(14)17/h2-5,10H,6-9,11H2,1H3. The van der Waals surface area contributed by atoms with Gasteiger partial charge in [0.1, 0.15) is 5.76 Å². The number of piperazine rings is 1. The molecule has 0 spiro atoms. The lowest BCUT2D eigenvalue weighted by molar-refractivity contribution is 0.0625. The molecule has 0 saturated carbocycles. The number of aromatic nitrogens is 1. The molecule has 0 N–H and O–H groups in total. The zero-order chi connectivity index (χ0) is 15.5. The molecule has 116 valence electrons. The molecule has 0 bridgehead atoms. The number of benzene rings is 1. The Labute approximate surface area is 138 Å². The number of rotatable bonds is 3. The van der Waals surface area contributed by atoms with Crippen LogP contribution in [0.4, 0.5) is 0 Å². The lowest BCUT2D eigenvalue weighted by Gasteiger charge is -2.34. The van der Waals surface area contributed by atoms with Gasteiger partial charge >= 0.3 is 0 Å². The number of hydrogen-bond acceptors (Lipinski definition) is 4. The molecule has 22 heavy (non-hydrogen) atoms. The minimum absolute atomic E-state index is 0.0874. The Bertz CT molecular complexity index is 663. The predicted molar refractivity (Wildman–Crippen MR) is 86.6 cm³/mol. The number of carbonyl (C=O) groups is 1. The molecule has 0 atom stereocenters. The SMILES string of the molecule is Cc1cc(CN2CCN(C(=O)c3ccccc3Br)CC2)no1. The van der Waals surface area contributed by atoms with Crippen molar-refractivity contribution < 1.29 is 9.32 Å². The average Bonchev–Trinajstić information content (AvgIpc) is 2.93. The van der Waals surface area contributed by atoms with Gasteiger partial charge in [-0.3, -0.25) is 9.69 Å². The van der Waals surface area contributed by atoms with Crippen LogP contribution in [-0.2, 0) is 6.54 Å². The van der Waals surface area contributed by atoms with Crippen LogP contribution >= 0.6 is 15.9 Å². The van der Waals surface area contributed by atoms with Crippen molar-refractivity contribution in [3.63, 3.8) is 0 Å². The summed E-state index contributed by atoms with van der Waals surface area (Å²) >= 11 is 3.45. The molecule has 1 saturated heterocycles. The minimum atomic E-state index is 0.0874. The summed E-state index contributed by atoms with van der Waals surface area (Å²) in [5, 5.41) is 4.02. The summed E-state index contributed by atoms with van der Waals surface area (Å²) < 4.78 is 5.94. The van der Waals surface area contributed by atoms with E-state index < -0.39 is 0 Å². The van der Waals surface area contributed by atoms with E-state index in [1.54, 1.807) is 0 Å². The molecule has 0 aliphatic carbocycles. The fourth-order valence-electron chi connectivity index (χ4n) is 2.64. The smallest absolute Gasteiger partial charge is 0.255 e. The van der Waals surface area contributed by atoms with Gasteiger partial charge in [-0.1, -0.05) is 17.3 Å². The van der Waals surface area contributed by atoms with Crippen molar-refractivity contribution in [2.45, 2.75) is 13.5 Å². The molecule has 0 unspecified atom stereocenters. The molecule has 2 heterocycles. The summed E-state index contributed by atoms with van der Waals surface area (Å²) in [6.45, 7) is 5.83. The van der Waals surface area contributed by atoms with Gasteiger partial charge in [0.2, 0.25) is 0 Å². The fourth-order valence-corrected chi connectivity index (χ4v) is 3.09. The third kappa shape index (κ3) is 3.39. The molecule has 1 aliphatic heterocycles. The summed E-state index contributed by atoms with van der Waals surface area (Å²) in [6.07, 6.45) is 0. The van der Waals surface area contributed by atoms with Crippen LogP contribution < -0.4 is 0 Å². The molecule has 1 aromatic carbocycles. The first-order chi connectivity index (χ1) is 10.6. The third-order valence-corrected chi connectivity index (χ3v) is 4.52. The second-order valence-corrected chi connectivity index (χ2v) is 6.33. The minimum Gasteiger partial charge on any atom is -0.361 e. The van der Waals surface area contributed by atoms with E-state index in [-0.39, 0.29) is 5.91 Å². The fraction of sp³-hybridized carbons (Fsp3) is 0.375. The summed E-state index contributed by atoms with van der Waals surface area (Å²) in [4.78, 5) is 16.7. The molecule has 2 aromatic rings. The maximum absolute atomic E-state index is 12.5. The van der Waals surface area contributed by atoms with Gasteiger partial charge in [0.25, 0.3) is 5.91 Å². The van der Waals surface area contributed by atoms with Crippen LogP contribution in [0.5, 0.6) is 0 Å². The van der Waals surface area contributed by atoms with Gasteiger partial charge in [0, 0.05) is 43.3 Å². The Kier molecular flexibility index (Phi) is 4.59. The van der Waals surface area contributed by atoms with E-state index in [0.717, 1.165) is 54.2 Å². The van der Waals surface area contributed by atoms with Gasteiger partial charge < -0.3 is 9.42 Å². The van der Waals surface area contributed by atoms with E-state index in [4.69, 9.17) is 4.52 Å². The molecule has 0 radical (unpaired) electrons. The van der Waals surface area contributed by atoms with E-state index >= 15 is 0 Å². The van der Waals surface area contributed by atoms with Crippen molar-refractivity contribution in [1.82, 2.24) is 15.0 Å². The van der Waals surface area contributed by atoms with Crippen molar-refractivity contribution in [3.05, 3.63) is 51.8 Å². The highest BCUT2D eigenvalue weighted by molar-refractivity contribution is 9.10. The van der Waals surface area contributed by atoms with E-state index in [0.29, 0.717) is 0 Å². The van der Waals surface area contributed by atoms with Crippen LogP contribution in [0.15, 0.2) is 39.3 Å². The lowest BCUT2D eigenvalue weighted by atomic mass is 10.2. The van der Waals surface area contributed by atoms with Crippen molar-refractivity contribution in [1.29, 1.82) is 0 Å². The van der Waals surface area contributed by atoms with E-state index in [2.05, 4.69) is 26.0 Å². The molecular formula is C16H18BrN3O2. The van der Waals surface area contributed by atoms with Crippen LogP contribution in [0.2, 0.25) is 0 Å². The second kappa shape index (κ2) is 6.62. The monoisotopic (exact) mass is 363 g/mol. The van der Waals surface area contributed by atoms with Gasteiger partial charge in [0.15, 0.2) is 0 Å². The Morgan fingerprint density at radius 1 is 1.27 bits per heavy atom. The predicted octanol–water partition coefficient (Wildman–Crippen LogP) is 2.70.